The van der Waals surface area contributed by atoms with Crippen LogP contribution in [0.15, 0.2) is 72.3 Å². The highest BCUT2D eigenvalue weighted by Crippen LogP contribution is 2.43. The summed E-state index contributed by atoms with van der Waals surface area (Å²) < 4.78 is 53.6. The van der Waals surface area contributed by atoms with E-state index in [1.54, 1.807) is 49.4 Å². The molecule has 1 aliphatic rings. The Balaban J connectivity index is 1.87. The molecule has 1 unspecified atom stereocenters. The first kappa shape index (κ1) is 27.6. The fraction of sp³-hybridized carbons (Fsp3) is 0.241. The number of aliphatic hydroxyl groups is 1. The maximum atomic E-state index is 13.4. The largest absolute Gasteiger partial charge is 0.573 e. The Kier molecular flexibility index (Phi) is 7.58. The quantitative estimate of drug-likeness (QED) is 0.214. The van der Waals surface area contributed by atoms with Gasteiger partial charge in [0.2, 0.25) is 0 Å². The van der Waals surface area contributed by atoms with Crippen LogP contribution >= 0.6 is 0 Å². The highest BCUT2D eigenvalue weighted by atomic mass is 19.4. The van der Waals surface area contributed by atoms with E-state index in [1.165, 1.54) is 19.2 Å². The van der Waals surface area contributed by atoms with Crippen LogP contribution in [0.2, 0.25) is 0 Å². The van der Waals surface area contributed by atoms with Crippen molar-refractivity contribution in [3.63, 3.8) is 0 Å². The van der Waals surface area contributed by atoms with Gasteiger partial charge in [0.1, 0.15) is 23.0 Å². The number of halogens is 3. The molecule has 4 rings (SSSR count). The SMILES string of the molecule is COc1ccc(C2/C(=C(\O)c3ccc(OC(C)C)c(C)c3)C(=O)C(=O)N2c2cccc(OC(F)(F)F)c2)cc1. The number of anilines is 1. The molecule has 3 aromatic carbocycles. The summed E-state index contributed by atoms with van der Waals surface area (Å²) in [5.74, 6) is -1.90. The third-order valence-electron chi connectivity index (χ3n) is 6.02. The zero-order valence-electron chi connectivity index (χ0n) is 21.6. The van der Waals surface area contributed by atoms with Crippen LogP contribution in [0.3, 0.4) is 0 Å². The summed E-state index contributed by atoms with van der Waals surface area (Å²) in [4.78, 5) is 27.7. The Hall–Kier alpha value is -4.47. The van der Waals surface area contributed by atoms with Crippen LogP contribution in [-0.2, 0) is 9.59 Å². The van der Waals surface area contributed by atoms with Gasteiger partial charge in [0.25, 0.3) is 11.7 Å². The second-order valence-electron chi connectivity index (χ2n) is 9.13. The predicted octanol–water partition coefficient (Wildman–Crippen LogP) is 6.32. The van der Waals surface area contributed by atoms with Crippen LogP contribution < -0.4 is 19.1 Å². The van der Waals surface area contributed by atoms with E-state index in [4.69, 9.17) is 9.47 Å². The molecule has 1 saturated heterocycles. The first-order valence-electron chi connectivity index (χ1n) is 12.0. The monoisotopic (exact) mass is 541 g/mol. The number of carbonyl (C=O) groups excluding carboxylic acids is 2. The summed E-state index contributed by atoms with van der Waals surface area (Å²) in [6, 6.07) is 14.9. The Morgan fingerprint density at radius 1 is 0.974 bits per heavy atom. The zero-order chi connectivity index (χ0) is 28.5. The van der Waals surface area contributed by atoms with Crippen molar-refractivity contribution in [3.05, 3.63) is 89.0 Å². The van der Waals surface area contributed by atoms with E-state index in [-0.39, 0.29) is 22.9 Å². The van der Waals surface area contributed by atoms with Crippen LogP contribution in [0.4, 0.5) is 18.9 Å². The molecule has 1 amide bonds. The standard InChI is InChI=1S/C29H26F3NO6/c1-16(2)38-23-13-10-19(14-17(23)3)26(34)24-25(18-8-11-21(37-4)12-9-18)33(28(36)27(24)35)20-6-5-7-22(15-20)39-29(30,31)32/h5-16,25,34H,1-4H3/b26-24+. The number of hydrogen-bond donors (Lipinski definition) is 1. The number of aliphatic hydroxyl groups excluding tert-OH is 1. The molecule has 0 bridgehead atoms. The smallest absolute Gasteiger partial charge is 0.507 e. The third-order valence-corrected chi connectivity index (χ3v) is 6.02. The molecule has 10 heteroatoms. The number of amides is 1. The van der Waals surface area contributed by atoms with Gasteiger partial charge in [-0.1, -0.05) is 18.2 Å². The molecule has 1 fully saturated rings. The second-order valence-corrected chi connectivity index (χ2v) is 9.13. The second kappa shape index (κ2) is 10.7. The van der Waals surface area contributed by atoms with E-state index < -0.39 is 35.6 Å². The summed E-state index contributed by atoms with van der Waals surface area (Å²) in [6.07, 6.45) is -5.04. The fourth-order valence-corrected chi connectivity index (χ4v) is 4.37. The van der Waals surface area contributed by atoms with E-state index in [2.05, 4.69) is 4.74 Å². The normalized spacial score (nSPS) is 17.0. The third kappa shape index (κ3) is 5.84. The topological polar surface area (TPSA) is 85.3 Å². The van der Waals surface area contributed by atoms with Gasteiger partial charge in [-0.3, -0.25) is 14.5 Å². The van der Waals surface area contributed by atoms with Gasteiger partial charge >= 0.3 is 6.36 Å². The lowest BCUT2D eigenvalue weighted by Gasteiger charge is -2.26. The van der Waals surface area contributed by atoms with E-state index in [0.717, 1.165) is 17.0 Å². The lowest BCUT2D eigenvalue weighted by atomic mass is 9.94. The molecule has 0 radical (unpaired) electrons. The van der Waals surface area contributed by atoms with Crippen molar-refractivity contribution in [2.24, 2.45) is 0 Å². The minimum atomic E-state index is -4.95. The minimum absolute atomic E-state index is 0.0180. The van der Waals surface area contributed by atoms with E-state index in [1.807, 2.05) is 13.8 Å². The number of nitrogens with zero attached hydrogens (tertiary/aromatic N) is 1. The molecule has 0 aromatic heterocycles. The predicted molar refractivity (Wildman–Crippen MR) is 138 cm³/mol. The Bertz CT molecular complexity index is 1430. The Morgan fingerprint density at radius 3 is 2.26 bits per heavy atom. The van der Waals surface area contributed by atoms with Crippen molar-refractivity contribution in [1.82, 2.24) is 0 Å². The van der Waals surface area contributed by atoms with Crippen LogP contribution in [0.25, 0.3) is 5.76 Å². The first-order valence-corrected chi connectivity index (χ1v) is 12.0. The average molecular weight is 542 g/mol. The maximum Gasteiger partial charge on any atom is 0.573 e. The van der Waals surface area contributed by atoms with Crippen molar-refractivity contribution in [2.45, 2.75) is 39.3 Å². The van der Waals surface area contributed by atoms with Gasteiger partial charge < -0.3 is 19.3 Å². The van der Waals surface area contributed by atoms with Crippen molar-refractivity contribution in [1.29, 1.82) is 0 Å². The summed E-state index contributed by atoms with van der Waals surface area (Å²) in [5, 5.41) is 11.4. The number of methoxy groups -OCH3 is 1. The Labute approximate surface area is 223 Å². The molecule has 204 valence electrons. The number of hydrogen-bond acceptors (Lipinski definition) is 6. The number of ketones is 1. The van der Waals surface area contributed by atoms with E-state index >= 15 is 0 Å². The molecular formula is C29H26F3NO6. The number of ether oxygens (including phenoxy) is 3. The van der Waals surface area contributed by atoms with Crippen LogP contribution in [0, 0.1) is 6.92 Å². The molecule has 0 aliphatic carbocycles. The lowest BCUT2D eigenvalue weighted by Crippen LogP contribution is -2.29. The summed E-state index contributed by atoms with van der Waals surface area (Å²) in [5.41, 5.74) is 1.16. The highest BCUT2D eigenvalue weighted by molar-refractivity contribution is 6.51. The molecule has 3 aromatic rings. The molecule has 0 spiro atoms. The summed E-state index contributed by atoms with van der Waals surface area (Å²) >= 11 is 0. The molecule has 1 aliphatic heterocycles. The zero-order valence-corrected chi connectivity index (χ0v) is 21.6. The van der Waals surface area contributed by atoms with Crippen molar-refractivity contribution >= 4 is 23.1 Å². The van der Waals surface area contributed by atoms with Crippen molar-refractivity contribution < 1.29 is 42.1 Å². The molecule has 0 saturated carbocycles. The maximum absolute atomic E-state index is 13.4. The van der Waals surface area contributed by atoms with E-state index in [0.29, 0.717) is 22.6 Å². The van der Waals surface area contributed by atoms with Gasteiger partial charge in [-0.15, -0.1) is 13.2 Å². The van der Waals surface area contributed by atoms with Crippen molar-refractivity contribution in [2.75, 3.05) is 12.0 Å². The van der Waals surface area contributed by atoms with Gasteiger partial charge in [-0.2, -0.15) is 0 Å². The molecule has 39 heavy (non-hydrogen) atoms. The Morgan fingerprint density at radius 2 is 1.67 bits per heavy atom. The lowest BCUT2D eigenvalue weighted by molar-refractivity contribution is -0.274. The van der Waals surface area contributed by atoms with Crippen LogP contribution in [0.5, 0.6) is 17.2 Å². The number of Topliss-reactive ketones (excluding diaryl/α,β-unsaturated/α-hetero) is 1. The number of alkyl halides is 3. The molecule has 7 nitrogen and oxygen atoms in total. The summed E-state index contributed by atoms with van der Waals surface area (Å²) in [7, 11) is 1.47. The molecular weight excluding hydrogens is 515 g/mol. The first-order chi connectivity index (χ1) is 18.4. The number of benzene rings is 3. The average Bonchev–Trinajstić information content (AvgIpc) is 3.14. The van der Waals surface area contributed by atoms with Gasteiger partial charge in [-0.25, -0.2) is 0 Å². The highest BCUT2D eigenvalue weighted by Gasteiger charge is 2.47. The molecule has 1 heterocycles. The van der Waals surface area contributed by atoms with Crippen LogP contribution in [-0.4, -0.2) is 36.4 Å². The van der Waals surface area contributed by atoms with Crippen LogP contribution in [0.1, 0.15) is 36.6 Å². The van der Waals surface area contributed by atoms with Gasteiger partial charge in [0, 0.05) is 17.3 Å². The van der Waals surface area contributed by atoms with Gasteiger partial charge in [0.15, 0.2) is 0 Å². The minimum Gasteiger partial charge on any atom is -0.507 e. The van der Waals surface area contributed by atoms with Gasteiger partial charge in [0.05, 0.1) is 24.8 Å². The number of rotatable bonds is 7. The van der Waals surface area contributed by atoms with Crippen molar-refractivity contribution in [3.8, 4) is 17.2 Å². The molecule has 1 N–H and O–H groups in total. The summed E-state index contributed by atoms with van der Waals surface area (Å²) in [6.45, 7) is 5.52. The van der Waals surface area contributed by atoms with E-state index in [9.17, 15) is 27.9 Å². The molecule has 1 atom stereocenters. The number of carbonyl (C=O) groups is 2. The van der Waals surface area contributed by atoms with Gasteiger partial charge in [-0.05, 0) is 74.4 Å². The number of aryl methyl sites for hydroxylation is 1. The fourth-order valence-electron chi connectivity index (χ4n) is 4.37.